The van der Waals surface area contributed by atoms with E-state index in [0.29, 0.717) is 29.7 Å². The number of benzene rings is 1. The van der Waals surface area contributed by atoms with E-state index in [-0.39, 0.29) is 17.1 Å². The summed E-state index contributed by atoms with van der Waals surface area (Å²) in [6.07, 6.45) is 7.47. The van der Waals surface area contributed by atoms with Gasteiger partial charge >= 0.3 is 0 Å². The molecule has 1 heterocycles. The van der Waals surface area contributed by atoms with E-state index in [2.05, 4.69) is 6.07 Å². The van der Waals surface area contributed by atoms with Gasteiger partial charge in [-0.25, -0.2) is 0 Å². The molecule has 1 aromatic rings. The fourth-order valence-electron chi connectivity index (χ4n) is 2.47. The molecule has 0 amide bonds. The highest BCUT2D eigenvalue weighted by Gasteiger charge is 2.34. The highest BCUT2D eigenvalue weighted by molar-refractivity contribution is 6.40. The zero-order valence-corrected chi connectivity index (χ0v) is 11.2. The van der Waals surface area contributed by atoms with Crippen molar-refractivity contribution < 1.29 is 9.59 Å². The minimum Gasteiger partial charge on any atom is -0.353 e. The van der Waals surface area contributed by atoms with E-state index in [9.17, 15) is 9.59 Å². The molecule has 0 radical (unpaired) electrons. The quantitative estimate of drug-likeness (QED) is 0.615. The van der Waals surface area contributed by atoms with Gasteiger partial charge in [0.25, 0.3) is 0 Å². The first-order valence-corrected chi connectivity index (χ1v) is 6.64. The van der Waals surface area contributed by atoms with Crippen LogP contribution < -0.4 is 0 Å². The summed E-state index contributed by atoms with van der Waals surface area (Å²) in [4.78, 5) is 26.6. The van der Waals surface area contributed by atoms with E-state index in [1.807, 2.05) is 4.90 Å². The first-order chi connectivity index (χ1) is 10.2. The van der Waals surface area contributed by atoms with Crippen molar-refractivity contribution in [3.63, 3.8) is 0 Å². The predicted octanol–water partition coefficient (Wildman–Crippen LogP) is 2.62. The Kier molecular flexibility index (Phi) is 3.25. The molecule has 4 heteroatoms. The molecule has 0 saturated heterocycles. The molecule has 1 aliphatic heterocycles. The number of Topliss-reactive ketones (excluding diaryl/α,β-unsaturated/α-hetero) is 2. The van der Waals surface area contributed by atoms with E-state index in [0.717, 1.165) is 0 Å². The summed E-state index contributed by atoms with van der Waals surface area (Å²) in [6, 6.07) is 8.95. The van der Waals surface area contributed by atoms with Crippen LogP contribution in [0.4, 0.5) is 0 Å². The fraction of sp³-hybridized carbons (Fsp3) is 0.118. The highest BCUT2D eigenvalue weighted by Crippen LogP contribution is 2.30. The number of fused-ring (bicyclic) bond motifs is 1. The van der Waals surface area contributed by atoms with E-state index in [1.165, 1.54) is 0 Å². The molecule has 0 atom stereocenters. The lowest BCUT2D eigenvalue weighted by Crippen LogP contribution is -2.14. The molecule has 102 valence electrons. The van der Waals surface area contributed by atoms with Crippen molar-refractivity contribution in [2.24, 2.45) is 0 Å². The van der Waals surface area contributed by atoms with Crippen molar-refractivity contribution in [3.05, 3.63) is 71.1 Å². The fourth-order valence-corrected chi connectivity index (χ4v) is 2.47. The zero-order chi connectivity index (χ0) is 14.8. The molecule has 21 heavy (non-hydrogen) atoms. The van der Waals surface area contributed by atoms with Gasteiger partial charge in [0.1, 0.15) is 0 Å². The number of nitrogens with zero attached hydrogens (tertiary/aromatic N) is 2. The molecular formula is C17H12N2O2. The Morgan fingerprint density at radius 2 is 1.57 bits per heavy atom. The van der Waals surface area contributed by atoms with Crippen LogP contribution in [0.25, 0.3) is 0 Å². The number of nitriles is 1. The second-order valence-corrected chi connectivity index (χ2v) is 4.81. The summed E-state index contributed by atoms with van der Waals surface area (Å²) >= 11 is 0. The van der Waals surface area contributed by atoms with Crippen molar-refractivity contribution in [2.75, 3.05) is 6.54 Å². The molecular weight excluding hydrogens is 264 g/mol. The Bertz CT molecular complexity index is 710. The third-order valence-electron chi connectivity index (χ3n) is 3.53. The Balaban J connectivity index is 1.93. The van der Waals surface area contributed by atoms with Crippen LogP contribution in [-0.4, -0.2) is 23.0 Å². The van der Waals surface area contributed by atoms with Crippen molar-refractivity contribution in [1.82, 2.24) is 4.90 Å². The predicted molar refractivity (Wildman–Crippen MR) is 77.3 cm³/mol. The minimum absolute atomic E-state index is 0.217. The molecule has 0 bridgehead atoms. The lowest BCUT2D eigenvalue weighted by Gasteiger charge is -2.17. The van der Waals surface area contributed by atoms with E-state index < -0.39 is 0 Å². The van der Waals surface area contributed by atoms with Crippen LogP contribution >= 0.6 is 0 Å². The maximum atomic E-state index is 12.4. The second-order valence-electron chi connectivity index (χ2n) is 4.81. The Labute approximate surface area is 122 Å². The third-order valence-corrected chi connectivity index (χ3v) is 3.53. The largest absolute Gasteiger partial charge is 0.353 e. The van der Waals surface area contributed by atoms with Crippen molar-refractivity contribution >= 4 is 11.6 Å². The van der Waals surface area contributed by atoms with Gasteiger partial charge < -0.3 is 4.90 Å². The number of carbonyl (C=O) groups is 2. The van der Waals surface area contributed by atoms with Gasteiger partial charge in [-0.3, -0.25) is 9.59 Å². The number of ketones is 2. The summed E-state index contributed by atoms with van der Waals surface area (Å²) < 4.78 is 0. The summed E-state index contributed by atoms with van der Waals surface area (Å²) in [5.74, 6) is -0.434. The van der Waals surface area contributed by atoms with Gasteiger partial charge in [-0.05, 0) is 17.7 Å². The molecule has 4 nitrogen and oxygen atoms in total. The topological polar surface area (TPSA) is 61.2 Å². The van der Waals surface area contributed by atoms with Gasteiger partial charge in [-0.15, -0.1) is 0 Å². The van der Waals surface area contributed by atoms with Gasteiger partial charge in [0, 0.05) is 30.1 Å². The first kappa shape index (κ1) is 13.1. The van der Waals surface area contributed by atoms with Crippen LogP contribution in [0.5, 0.6) is 0 Å². The summed E-state index contributed by atoms with van der Waals surface area (Å²) in [5, 5.41) is 8.57. The summed E-state index contributed by atoms with van der Waals surface area (Å²) in [7, 11) is 0. The molecule has 0 N–H and O–H groups in total. The lowest BCUT2D eigenvalue weighted by atomic mass is 10.0. The molecule has 0 unspecified atom stereocenters. The van der Waals surface area contributed by atoms with E-state index in [4.69, 9.17) is 5.26 Å². The maximum absolute atomic E-state index is 12.4. The standard InChI is InChI=1S/C17H12N2O2/c18-8-3-9-19-10-6-12(7-11-19)15-16(20)13-4-1-2-5-14(13)17(15)21/h1-2,4-7,10-11H,3,9H2. The number of carbonyl (C=O) groups excluding carboxylic acids is 2. The normalized spacial score (nSPS) is 16.4. The smallest absolute Gasteiger partial charge is 0.198 e. The SMILES string of the molecule is N#CCCN1C=CC(=C2C(=O)c3ccccc3C2=O)C=C1. The molecule has 0 spiro atoms. The summed E-state index contributed by atoms with van der Waals surface area (Å²) in [6.45, 7) is 0.591. The van der Waals surface area contributed by atoms with E-state index in [1.54, 1.807) is 48.8 Å². The first-order valence-electron chi connectivity index (χ1n) is 6.64. The van der Waals surface area contributed by atoms with Crippen molar-refractivity contribution in [1.29, 1.82) is 5.26 Å². The molecule has 0 fully saturated rings. The average Bonchev–Trinajstić information content (AvgIpc) is 2.78. The maximum Gasteiger partial charge on any atom is 0.198 e. The van der Waals surface area contributed by atoms with Crippen LogP contribution in [0.3, 0.4) is 0 Å². The zero-order valence-electron chi connectivity index (χ0n) is 11.2. The highest BCUT2D eigenvalue weighted by atomic mass is 16.2. The van der Waals surface area contributed by atoms with Gasteiger partial charge in [-0.1, -0.05) is 24.3 Å². The Hall–Kier alpha value is -2.93. The number of allylic oxidation sites excluding steroid dienone is 4. The molecule has 3 rings (SSSR count). The van der Waals surface area contributed by atoms with Gasteiger partial charge in [0.05, 0.1) is 18.1 Å². The molecule has 1 aromatic carbocycles. The van der Waals surface area contributed by atoms with Gasteiger partial charge in [0.15, 0.2) is 11.6 Å². The van der Waals surface area contributed by atoms with Crippen molar-refractivity contribution in [3.8, 4) is 6.07 Å². The number of hydrogen-bond donors (Lipinski definition) is 0. The lowest BCUT2D eigenvalue weighted by molar-refractivity contribution is 0.0988. The van der Waals surface area contributed by atoms with E-state index >= 15 is 0 Å². The van der Waals surface area contributed by atoms with Crippen LogP contribution in [0.2, 0.25) is 0 Å². The molecule has 2 aliphatic rings. The number of rotatable bonds is 2. The second kappa shape index (κ2) is 5.22. The Morgan fingerprint density at radius 3 is 2.10 bits per heavy atom. The van der Waals surface area contributed by atoms with Crippen LogP contribution in [0, 0.1) is 11.3 Å². The molecule has 0 saturated carbocycles. The monoisotopic (exact) mass is 276 g/mol. The van der Waals surface area contributed by atoms with Crippen LogP contribution in [-0.2, 0) is 0 Å². The van der Waals surface area contributed by atoms with Crippen LogP contribution in [0.1, 0.15) is 27.1 Å². The minimum atomic E-state index is -0.217. The summed E-state index contributed by atoms with van der Waals surface area (Å²) in [5.41, 5.74) is 1.79. The number of hydrogen-bond acceptors (Lipinski definition) is 4. The molecule has 1 aliphatic carbocycles. The van der Waals surface area contributed by atoms with Crippen LogP contribution in [0.15, 0.2) is 60.0 Å². The Morgan fingerprint density at radius 1 is 1.00 bits per heavy atom. The van der Waals surface area contributed by atoms with Gasteiger partial charge in [-0.2, -0.15) is 5.26 Å². The third kappa shape index (κ3) is 2.19. The average molecular weight is 276 g/mol. The van der Waals surface area contributed by atoms with Gasteiger partial charge in [0.2, 0.25) is 0 Å². The molecule has 0 aromatic heterocycles. The van der Waals surface area contributed by atoms with Crippen molar-refractivity contribution in [2.45, 2.75) is 6.42 Å².